The summed E-state index contributed by atoms with van der Waals surface area (Å²) >= 11 is 0. The van der Waals surface area contributed by atoms with Crippen LogP contribution in [0.5, 0.6) is 0 Å². The van der Waals surface area contributed by atoms with Crippen molar-refractivity contribution >= 4 is 10.0 Å². The predicted molar refractivity (Wildman–Crippen MR) is 91.1 cm³/mol. The Bertz CT molecular complexity index is 939. The molecule has 1 aromatic heterocycles. The Morgan fingerprint density at radius 3 is 2.28 bits per heavy atom. The Labute approximate surface area is 145 Å². The third kappa shape index (κ3) is 3.45. The summed E-state index contributed by atoms with van der Waals surface area (Å²) in [7, 11) is -2.21. The van der Waals surface area contributed by atoms with Gasteiger partial charge in [-0.15, -0.1) is 0 Å². The lowest BCUT2D eigenvalue weighted by atomic mass is 10.1. The molecule has 2 aromatic carbocycles. The molecule has 6 nitrogen and oxygen atoms in total. The summed E-state index contributed by atoms with van der Waals surface area (Å²) < 4.78 is 41.3. The van der Waals surface area contributed by atoms with Crippen molar-refractivity contribution in [1.82, 2.24) is 19.1 Å². The molecular weight excluding hydrogens is 343 g/mol. The molecule has 1 atom stereocenters. The quantitative estimate of drug-likeness (QED) is 0.702. The molecule has 25 heavy (non-hydrogen) atoms. The van der Waals surface area contributed by atoms with Gasteiger partial charge in [0.05, 0.1) is 10.6 Å². The summed E-state index contributed by atoms with van der Waals surface area (Å²) in [6.07, 6.45) is 3.03. The fourth-order valence-corrected chi connectivity index (χ4v) is 3.79. The monoisotopic (exact) mass is 360 g/mol. The Kier molecular flexibility index (Phi) is 4.65. The normalized spacial score (nSPS) is 13.1. The summed E-state index contributed by atoms with van der Waals surface area (Å²) in [5, 5.41) is 4.05. The van der Waals surface area contributed by atoms with Gasteiger partial charge in [-0.2, -0.15) is 9.40 Å². The Morgan fingerprint density at radius 1 is 1.08 bits per heavy atom. The van der Waals surface area contributed by atoms with Crippen LogP contribution in [0.3, 0.4) is 0 Å². The van der Waals surface area contributed by atoms with Crippen LogP contribution in [-0.4, -0.2) is 34.5 Å². The van der Waals surface area contributed by atoms with E-state index >= 15 is 0 Å². The van der Waals surface area contributed by atoms with Gasteiger partial charge in [0, 0.05) is 13.1 Å². The maximum Gasteiger partial charge on any atom is 0.243 e. The summed E-state index contributed by atoms with van der Waals surface area (Å²) in [6.45, 7) is 1.80. The summed E-state index contributed by atoms with van der Waals surface area (Å²) in [4.78, 5) is 3.95. The molecule has 130 valence electrons. The molecule has 0 unspecified atom stereocenters. The molecule has 3 aromatic rings. The molecule has 0 radical (unpaired) electrons. The first kappa shape index (κ1) is 17.2. The average Bonchev–Trinajstić information content (AvgIpc) is 3.15. The minimum absolute atomic E-state index is 0.0579. The number of rotatable bonds is 5. The number of halogens is 1. The van der Waals surface area contributed by atoms with E-state index in [9.17, 15) is 12.8 Å². The van der Waals surface area contributed by atoms with E-state index in [1.165, 1.54) is 29.8 Å². The number of nitrogens with zero attached hydrogens (tertiary/aromatic N) is 4. The molecule has 3 rings (SSSR count). The molecule has 0 saturated heterocycles. The van der Waals surface area contributed by atoms with Crippen molar-refractivity contribution in [1.29, 1.82) is 0 Å². The van der Waals surface area contributed by atoms with Crippen molar-refractivity contribution in [3.05, 3.63) is 72.6 Å². The van der Waals surface area contributed by atoms with Crippen LogP contribution in [0, 0.1) is 5.82 Å². The second-order valence-electron chi connectivity index (χ2n) is 5.58. The highest BCUT2D eigenvalue weighted by Crippen LogP contribution is 2.26. The second kappa shape index (κ2) is 6.73. The van der Waals surface area contributed by atoms with Gasteiger partial charge in [-0.1, -0.05) is 12.1 Å². The van der Waals surface area contributed by atoms with Crippen molar-refractivity contribution in [3.63, 3.8) is 0 Å². The summed E-state index contributed by atoms with van der Waals surface area (Å²) in [6, 6.07) is 11.8. The largest absolute Gasteiger partial charge is 0.243 e. The first-order valence-corrected chi connectivity index (χ1v) is 9.02. The topological polar surface area (TPSA) is 68.1 Å². The number of hydrogen-bond acceptors (Lipinski definition) is 4. The molecule has 0 aliphatic carbocycles. The minimum atomic E-state index is -3.72. The van der Waals surface area contributed by atoms with Crippen molar-refractivity contribution < 1.29 is 12.8 Å². The summed E-state index contributed by atoms with van der Waals surface area (Å²) in [5.41, 5.74) is 1.66. The van der Waals surface area contributed by atoms with E-state index < -0.39 is 15.8 Å². The van der Waals surface area contributed by atoms with Gasteiger partial charge in [-0.3, -0.25) is 0 Å². The molecule has 0 amide bonds. The highest BCUT2D eigenvalue weighted by molar-refractivity contribution is 7.89. The molecule has 0 bridgehead atoms. The lowest BCUT2D eigenvalue weighted by Gasteiger charge is -2.25. The molecule has 8 heteroatoms. The number of benzene rings is 2. The number of aromatic nitrogens is 3. The zero-order valence-electron chi connectivity index (χ0n) is 13.7. The molecule has 0 fully saturated rings. The minimum Gasteiger partial charge on any atom is -0.223 e. The van der Waals surface area contributed by atoms with Crippen LogP contribution in [-0.2, 0) is 10.0 Å². The molecular formula is C17H17FN4O2S. The zero-order valence-corrected chi connectivity index (χ0v) is 14.6. The summed E-state index contributed by atoms with van der Waals surface area (Å²) in [5.74, 6) is -0.474. The van der Waals surface area contributed by atoms with Gasteiger partial charge in [-0.25, -0.2) is 22.5 Å². The predicted octanol–water partition coefficient (Wildman–Crippen LogP) is 2.79. The maximum atomic E-state index is 13.0. The van der Waals surface area contributed by atoms with Gasteiger partial charge in [0.2, 0.25) is 10.0 Å². The molecule has 0 saturated carbocycles. The SMILES string of the molecule is C[C@H](c1ccc(-n2cncn2)cc1)N(C)S(=O)(=O)c1ccc(F)cc1. The molecule has 0 N–H and O–H groups in total. The van der Waals surface area contributed by atoms with Gasteiger partial charge in [0.25, 0.3) is 0 Å². The van der Waals surface area contributed by atoms with Crippen molar-refractivity contribution in [2.75, 3.05) is 7.05 Å². The van der Waals surface area contributed by atoms with Crippen LogP contribution in [0.4, 0.5) is 4.39 Å². The van der Waals surface area contributed by atoms with E-state index in [0.29, 0.717) is 0 Å². The van der Waals surface area contributed by atoms with Crippen molar-refractivity contribution in [3.8, 4) is 5.69 Å². The van der Waals surface area contributed by atoms with Gasteiger partial charge in [0.15, 0.2) is 0 Å². The third-order valence-electron chi connectivity index (χ3n) is 4.09. The number of sulfonamides is 1. The lowest BCUT2D eigenvalue weighted by molar-refractivity contribution is 0.398. The van der Waals surface area contributed by atoms with Crippen LogP contribution < -0.4 is 0 Å². The molecule has 0 aliphatic rings. The molecule has 0 aliphatic heterocycles. The fraction of sp³-hybridized carbons (Fsp3) is 0.176. The van der Waals surface area contributed by atoms with E-state index in [4.69, 9.17) is 0 Å². The third-order valence-corrected chi connectivity index (χ3v) is 6.04. The Balaban J connectivity index is 1.84. The van der Waals surface area contributed by atoms with E-state index in [1.807, 2.05) is 24.3 Å². The zero-order chi connectivity index (χ0) is 18.0. The average molecular weight is 360 g/mol. The first-order valence-electron chi connectivity index (χ1n) is 7.58. The first-order chi connectivity index (χ1) is 11.9. The number of hydrogen-bond donors (Lipinski definition) is 0. The Morgan fingerprint density at radius 2 is 1.72 bits per heavy atom. The van der Waals surface area contributed by atoms with E-state index in [2.05, 4.69) is 10.1 Å². The van der Waals surface area contributed by atoms with Gasteiger partial charge < -0.3 is 0 Å². The lowest BCUT2D eigenvalue weighted by Crippen LogP contribution is -2.29. The van der Waals surface area contributed by atoms with Gasteiger partial charge in [0.1, 0.15) is 18.5 Å². The van der Waals surface area contributed by atoms with E-state index in [1.54, 1.807) is 17.9 Å². The second-order valence-corrected chi connectivity index (χ2v) is 7.58. The van der Waals surface area contributed by atoms with E-state index in [-0.39, 0.29) is 10.9 Å². The van der Waals surface area contributed by atoms with Crippen molar-refractivity contribution in [2.24, 2.45) is 0 Å². The van der Waals surface area contributed by atoms with Crippen LogP contribution in [0.15, 0.2) is 66.1 Å². The highest BCUT2D eigenvalue weighted by Gasteiger charge is 2.26. The van der Waals surface area contributed by atoms with E-state index in [0.717, 1.165) is 23.4 Å². The van der Waals surface area contributed by atoms with Gasteiger partial charge >= 0.3 is 0 Å². The molecule has 1 heterocycles. The smallest absolute Gasteiger partial charge is 0.223 e. The van der Waals surface area contributed by atoms with Crippen LogP contribution in [0.2, 0.25) is 0 Å². The Hall–Kier alpha value is -2.58. The highest BCUT2D eigenvalue weighted by atomic mass is 32.2. The van der Waals surface area contributed by atoms with Crippen LogP contribution in [0.25, 0.3) is 5.69 Å². The van der Waals surface area contributed by atoms with Crippen LogP contribution in [0.1, 0.15) is 18.5 Å². The van der Waals surface area contributed by atoms with Gasteiger partial charge in [-0.05, 0) is 48.9 Å². The standard InChI is InChI=1S/C17H17FN4O2S/c1-13(14-3-7-16(8-4-14)22-12-19-11-20-22)21(2)25(23,24)17-9-5-15(18)6-10-17/h3-13H,1-2H3/t13-/m1/s1. The van der Waals surface area contributed by atoms with Crippen molar-refractivity contribution in [2.45, 2.75) is 17.9 Å². The fourth-order valence-electron chi connectivity index (χ4n) is 2.44. The van der Waals surface area contributed by atoms with Crippen LogP contribution >= 0.6 is 0 Å². The molecule has 0 spiro atoms. The maximum absolute atomic E-state index is 13.0.